The summed E-state index contributed by atoms with van der Waals surface area (Å²) < 4.78 is 0. The number of rotatable bonds is 3. The standard InChI is InChI=1S/C13H17N3/c14-7-6-13(12-4-2-1-3-5-12)16-10-8-15-9-11-16/h1-5,13,15H,6,8-11H2. The van der Waals surface area contributed by atoms with Crippen molar-refractivity contribution in [3.63, 3.8) is 0 Å². The van der Waals surface area contributed by atoms with E-state index in [1.54, 1.807) is 0 Å². The van der Waals surface area contributed by atoms with Gasteiger partial charge in [-0.2, -0.15) is 5.26 Å². The fraction of sp³-hybridized carbons (Fsp3) is 0.462. The molecule has 1 heterocycles. The third kappa shape index (κ3) is 2.60. The minimum absolute atomic E-state index is 0.258. The predicted molar refractivity (Wildman–Crippen MR) is 63.9 cm³/mol. The van der Waals surface area contributed by atoms with E-state index in [9.17, 15) is 0 Å². The minimum Gasteiger partial charge on any atom is -0.314 e. The Morgan fingerprint density at radius 1 is 1.25 bits per heavy atom. The molecule has 3 nitrogen and oxygen atoms in total. The average molecular weight is 215 g/mol. The Hall–Kier alpha value is -1.37. The van der Waals surface area contributed by atoms with Crippen LogP contribution >= 0.6 is 0 Å². The second kappa shape index (κ2) is 5.64. The van der Waals surface area contributed by atoms with E-state index < -0.39 is 0 Å². The summed E-state index contributed by atoms with van der Waals surface area (Å²) in [5.74, 6) is 0. The number of hydrogen-bond acceptors (Lipinski definition) is 3. The van der Waals surface area contributed by atoms with Gasteiger partial charge < -0.3 is 5.32 Å². The molecule has 0 aromatic heterocycles. The lowest BCUT2D eigenvalue weighted by atomic mass is 10.0. The molecule has 0 amide bonds. The van der Waals surface area contributed by atoms with Crippen molar-refractivity contribution in [3.8, 4) is 6.07 Å². The minimum atomic E-state index is 0.258. The largest absolute Gasteiger partial charge is 0.314 e. The number of nitrogens with one attached hydrogen (secondary N) is 1. The van der Waals surface area contributed by atoms with E-state index in [1.807, 2.05) is 18.2 Å². The van der Waals surface area contributed by atoms with Gasteiger partial charge in [0.2, 0.25) is 0 Å². The number of nitrogens with zero attached hydrogens (tertiary/aromatic N) is 2. The summed E-state index contributed by atoms with van der Waals surface area (Å²) in [5, 5.41) is 12.3. The Morgan fingerprint density at radius 2 is 1.94 bits per heavy atom. The maximum atomic E-state index is 8.94. The molecule has 1 aromatic rings. The Bertz CT molecular complexity index is 349. The van der Waals surface area contributed by atoms with Gasteiger partial charge in [-0.15, -0.1) is 0 Å². The van der Waals surface area contributed by atoms with Crippen LogP contribution in [0.15, 0.2) is 30.3 Å². The van der Waals surface area contributed by atoms with E-state index in [1.165, 1.54) is 5.56 Å². The molecule has 0 spiro atoms. The normalized spacial score (nSPS) is 18.9. The van der Waals surface area contributed by atoms with Crippen molar-refractivity contribution in [2.24, 2.45) is 0 Å². The van der Waals surface area contributed by atoms with Gasteiger partial charge in [0.1, 0.15) is 0 Å². The molecule has 0 saturated carbocycles. The van der Waals surface area contributed by atoms with Crippen LogP contribution in [0.5, 0.6) is 0 Å². The number of piperazine rings is 1. The zero-order valence-corrected chi connectivity index (χ0v) is 9.39. The zero-order valence-electron chi connectivity index (χ0n) is 9.39. The molecule has 84 valence electrons. The van der Waals surface area contributed by atoms with E-state index in [-0.39, 0.29) is 6.04 Å². The first-order valence-electron chi connectivity index (χ1n) is 5.78. The third-order valence-corrected chi connectivity index (χ3v) is 3.06. The fourth-order valence-corrected chi connectivity index (χ4v) is 2.21. The Morgan fingerprint density at radius 3 is 2.56 bits per heavy atom. The van der Waals surface area contributed by atoms with E-state index in [2.05, 4.69) is 28.4 Å². The topological polar surface area (TPSA) is 39.1 Å². The first kappa shape index (κ1) is 11.1. The first-order chi connectivity index (χ1) is 7.92. The number of nitriles is 1. The maximum absolute atomic E-state index is 8.94. The SMILES string of the molecule is N#CCC(c1ccccc1)N1CCNCC1. The van der Waals surface area contributed by atoms with Crippen molar-refractivity contribution in [2.75, 3.05) is 26.2 Å². The molecule has 0 bridgehead atoms. The van der Waals surface area contributed by atoms with Crippen LogP contribution in [0.4, 0.5) is 0 Å². The average Bonchev–Trinajstić information content (AvgIpc) is 2.38. The number of hydrogen-bond donors (Lipinski definition) is 1. The molecule has 1 aromatic carbocycles. The van der Waals surface area contributed by atoms with Gasteiger partial charge in [-0.1, -0.05) is 30.3 Å². The van der Waals surface area contributed by atoms with E-state index in [0.29, 0.717) is 6.42 Å². The van der Waals surface area contributed by atoms with Gasteiger partial charge in [-0.25, -0.2) is 0 Å². The third-order valence-electron chi connectivity index (χ3n) is 3.06. The van der Waals surface area contributed by atoms with Gasteiger partial charge in [0.05, 0.1) is 12.5 Å². The summed E-state index contributed by atoms with van der Waals surface area (Å²) in [5.41, 5.74) is 1.26. The molecule has 1 aliphatic rings. The first-order valence-corrected chi connectivity index (χ1v) is 5.78. The summed E-state index contributed by atoms with van der Waals surface area (Å²) >= 11 is 0. The van der Waals surface area contributed by atoms with Crippen LogP contribution in [0.2, 0.25) is 0 Å². The molecule has 1 unspecified atom stereocenters. The van der Waals surface area contributed by atoms with Crippen molar-refractivity contribution in [1.29, 1.82) is 5.26 Å². The lowest BCUT2D eigenvalue weighted by Crippen LogP contribution is -2.45. The molecule has 1 N–H and O–H groups in total. The molecule has 2 rings (SSSR count). The van der Waals surface area contributed by atoms with E-state index >= 15 is 0 Å². The molecule has 1 atom stereocenters. The highest BCUT2D eigenvalue weighted by Gasteiger charge is 2.21. The van der Waals surface area contributed by atoms with Crippen LogP contribution < -0.4 is 5.32 Å². The van der Waals surface area contributed by atoms with E-state index in [0.717, 1.165) is 26.2 Å². The van der Waals surface area contributed by atoms with Crippen LogP contribution in [0.25, 0.3) is 0 Å². The van der Waals surface area contributed by atoms with Gasteiger partial charge >= 0.3 is 0 Å². The van der Waals surface area contributed by atoms with Crippen LogP contribution in [-0.4, -0.2) is 31.1 Å². The predicted octanol–water partition coefficient (Wildman–Crippen LogP) is 1.55. The van der Waals surface area contributed by atoms with Crippen LogP contribution in [0.3, 0.4) is 0 Å². The summed E-state index contributed by atoms with van der Waals surface area (Å²) in [7, 11) is 0. The molecule has 1 aliphatic heterocycles. The Kier molecular flexibility index (Phi) is 3.92. The van der Waals surface area contributed by atoms with Crippen LogP contribution in [0, 0.1) is 11.3 Å². The van der Waals surface area contributed by atoms with Crippen LogP contribution in [0.1, 0.15) is 18.0 Å². The second-order valence-corrected chi connectivity index (χ2v) is 4.07. The molecular weight excluding hydrogens is 198 g/mol. The highest BCUT2D eigenvalue weighted by Crippen LogP contribution is 2.23. The highest BCUT2D eigenvalue weighted by molar-refractivity contribution is 5.20. The number of benzene rings is 1. The maximum Gasteiger partial charge on any atom is 0.0641 e. The monoisotopic (exact) mass is 215 g/mol. The molecule has 0 aliphatic carbocycles. The summed E-state index contributed by atoms with van der Waals surface area (Å²) in [6, 6.07) is 12.9. The molecule has 3 heteroatoms. The summed E-state index contributed by atoms with van der Waals surface area (Å²) in [4.78, 5) is 2.40. The van der Waals surface area contributed by atoms with Crippen molar-refractivity contribution in [3.05, 3.63) is 35.9 Å². The smallest absolute Gasteiger partial charge is 0.0641 e. The Balaban J connectivity index is 2.13. The van der Waals surface area contributed by atoms with E-state index in [4.69, 9.17) is 5.26 Å². The quantitative estimate of drug-likeness (QED) is 0.831. The summed E-state index contributed by atoms with van der Waals surface area (Å²) in [6.45, 7) is 4.10. The highest BCUT2D eigenvalue weighted by atomic mass is 15.2. The van der Waals surface area contributed by atoms with Gasteiger partial charge in [0.15, 0.2) is 0 Å². The lowest BCUT2D eigenvalue weighted by Gasteiger charge is -2.34. The lowest BCUT2D eigenvalue weighted by molar-refractivity contribution is 0.175. The van der Waals surface area contributed by atoms with Crippen molar-refractivity contribution < 1.29 is 0 Å². The van der Waals surface area contributed by atoms with Crippen molar-refractivity contribution >= 4 is 0 Å². The van der Waals surface area contributed by atoms with Gasteiger partial charge in [-0.05, 0) is 5.56 Å². The van der Waals surface area contributed by atoms with Crippen molar-refractivity contribution in [2.45, 2.75) is 12.5 Å². The van der Waals surface area contributed by atoms with Gasteiger partial charge in [0, 0.05) is 32.2 Å². The molecule has 1 fully saturated rings. The molecular formula is C13H17N3. The summed E-state index contributed by atoms with van der Waals surface area (Å²) in [6.07, 6.45) is 0.573. The second-order valence-electron chi connectivity index (χ2n) is 4.07. The van der Waals surface area contributed by atoms with Crippen molar-refractivity contribution in [1.82, 2.24) is 10.2 Å². The molecule has 1 saturated heterocycles. The van der Waals surface area contributed by atoms with Crippen LogP contribution in [-0.2, 0) is 0 Å². The fourth-order valence-electron chi connectivity index (χ4n) is 2.21. The van der Waals surface area contributed by atoms with Gasteiger partial charge in [-0.3, -0.25) is 4.90 Å². The van der Waals surface area contributed by atoms with Gasteiger partial charge in [0.25, 0.3) is 0 Å². The Labute approximate surface area is 96.7 Å². The molecule has 16 heavy (non-hydrogen) atoms. The molecule has 0 radical (unpaired) electrons. The zero-order chi connectivity index (χ0) is 11.2.